The second-order valence-corrected chi connectivity index (χ2v) is 5.81. The Hall–Kier alpha value is -3.57. The summed E-state index contributed by atoms with van der Waals surface area (Å²) in [6.07, 6.45) is 2.91. The number of hydrogen-bond acceptors (Lipinski definition) is 4. The van der Waals surface area contributed by atoms with Crippen LogP contribution in [0.3, 0.4) is 0 Å². The molecule has 27 heavy (non-hydrogen) atoms. The van der Waals surface area contributed by atoms with Crippen molar-refractivity contribution in [2.75, 3.05) is 5.32 Å². The summed E-state index contributed by atoms with van der Waals surface area (Å²) in [6, 6.07) is 25.1. The molecule has 5 nitrogen and oxygen atoms in total. The molecule has 0 atom stereocenters. The number of para-hydroxylation sites is 2. The quantitative estimate of drug-likeness (QED) is 0.327. The highest BCUT2D eigenvalue weighted by Gasteiger charge is 2.02. The van der Waals surface area contributed by atoms with Crippen LogP contribution in [0.1, 0.15) is 11.1 Å². The van der Waals surface area contributed by atoms with Gasteiger partial charge in [0.2, 0.25) is 0 Å². The third-order valence-corrected chi connectivity index (χ3v) is 3.85. The third-order valence-electron chi connectivity index (χ3n) is 3.85. The molecular weight excluding hydrogens is 340 g/mol. The Morgan fingerprint density at radius 2 is 1.67 bits per heavy atom. The lowest BCUT2D eigenvalue weighted by Gasteiger charge is -2.11. The molecule has 0 saturated heterocycles. The number of benzene rings is 3. The number of rotatable bonds is 7. The number of carbonyl (C=O) groups is 1. The first kappa shape index (κ1) is 18.2. The Kier molecular flexibility index (Phi) is 6.22. The standard InChI is InChI=1S/C22H20N2O3/c25-22(24-26)14-13-18-8-4-5-12-21(18)23-16-17-7-6-11-20(15-17)27-19-9-2-1-3-10-19/h1-15,23,26H,16H2,(H,24,25)/b14-13+. The molecule has 0 bridgehead atoms. The highest BCUT2D eigenvalue weighted by atomic mass is 16.5. The summed E-state index contributed by atoms with van der Waals surface area (Å²) in [5.74, 6) is 0.990. The second kappa shape index (κ2) is 9.22. The van der Waals surface area contributed by atoms with E-state index in [0.29, 0.717) is 6.54 Å². The smallest absolute Gasteiger partial charge is 0.267 e. The number of amides is 1. The van der Waals surface area contributed by atoms with Crippen molar-refractivity contribution in [3.05, 3.63) is 96.1 Å². The Balaban J connectivity index is 1.68. The Morgan fingerprint density at radius 1 is 0.926 bits per heavy atom. The number of hydrogen-bond donors (Lipinski definition) is 3. The SMILES string of the molecule is O=C(/C=C/c1ccccc1NCc1cccc(Oc2ccccc2)c1)NO. The average Bonchev–Trinajstić information content (AvgIpc) is 2.72. The molecule has 3 aromatic carbocycles. The summed E-state index contributed by atoms with van der Waals surface area (Å²) in [6.45, 7) is 0.600. The molecule has 5 heteroatoms. The number of nitrogens with one attached hydrogen (secondary N) is 2. The fourth-order valence-corrected chi connectivity index (χ4v) is 2.55. The fourth-order valence-electron chi connectivity index (χ4n) is 2.55. The van der Waals surface area contributed by atoms with E-state index in [9.17, 15) is 4.79 Å². The average molecular weight is 360 g/mol. The lowest BCUT2D eigenvalue weighted by atomic mass is 10.1. The zero-order valence-electron chi connectivity index (χ0n) is 14.6. The van der Waals surface area contributed by atoms with Crippen LogP contribution in [-0.2, 0) is 11.3 Å². The van der Waals surface area contributed by atoms with Gasteiger partial charge in [-0.15, -0.1) is 0 Å². The van der Waals surface area contributed by atoms with Crippen LogP contribution in [0.2, 0.25) is 0 Å². The molecule has 0 radical (unpaired) electrons. The molecule has 0 heterocycles. The normalized spacial score (nSPS) is 10.6. The van der Waals surface area contributed by atoms with Crippen molar-refractivity contribution in [2.24, 2.45) is 0 Å². The van der Waals surface area contributed by atoms with Crippen molar-refractivity contribution >= 4 is 17.7 Å². The highest BCUT2D eigenvalue weighted by Crippen LogP contribution is 2.23. The largest absolute Gasteiger partial charge is 0.457 e. The third kappa shape index (κ3) is 5.45. The van der Waals surface area contributed by atoms with E-state index in [1.165, 1.54) is 6.08 Å². The van der Waals surface area contributed by atoms with Crippen LogP contribution >= 0.6 is 0 Å². The predicted molar refractivity (Wildman–Crippen MR) is 106 cm³/mol. The van der Waals surface area contributed by atoms with Crippen LogP contribution < -0.4 is 15.5 Å². The van der Waals surface area contributed by atoms with Crippen LogP contribution in [0.4, 0.5) is 5.69 Å². The van der Waals surface area contributed by atoms with E-state index >= 15 is 0 Å². The molecule has 0 aliphatic rings. The first-order chi connectivity index (χ1) is 13.2. The van der Waals surface area contributed by atoms with Crippen molar-refractivity contribution in [2.45, 2.75) is 6.54 Å². The van der Waals surface area contributed by atoms with Crippen molar-refractivity contribution in [3.8, 4) is 11.5 Å². The van der Waals surface area contributed by atoms with Gasteiger partial charge in [0.1, 0.15) is 11.5 Å². The molecule has 0 aliphatic carbocycles. The lowest BCUT2D eigenvalue weighted by Crippen LogP contribution is -2.14. The molecular formula is C22H20N2O3. The lowest BCUT2D eigenvalue weighted by molar-refractivity contribution is -0.124. The molecule has 3 N–H and O–H groups in total. The number of anilines is 1. The van der Waals surface area contributed by atoms with Crippen molar-refractivity contribution in [1.29, 1.82) is 0 Å². The van der Waals surface area contributed by atoms with Crippen molar-refractivity contribution in [3.63, 3.8) is 0 Å². The number of ether oxygens (including phenoxy) is 1. The minimum atomic E-state index is -0.574. The molecule has 0 aliphatic heterocycles. The summed E-state index contributed by atoms with van der Waals surface area (Å²) in [5.41, 5.74) is 4.37. The van der Waals surface area contributed by atoms with E-state index in [4.69, 9.17) is 9.94 Å². The van der Waals surface area contributed by atoms with Crippen LogP contribution in [0.15, 0.2) is 84.9 Å². The molecule has 0 spiro atoms. The molecule has 0 unspecified atom stereocenters. The second-order valence-electron chi connectivity index (χ2n) is 5.81. The molecule has 0 saturated carbocycles. The van der Waals surface area contributed by atoms with Gasteiger partial charge in [-0.1, -0.05) is 48.5 Å². The van der Waals surface area contributed by atoms with Crippen molar-refractivity contribution < 1.29 is 14.7 Å². The van der Waals surface area contributed by atoms with Gasteiger partial charge >= 0.3 is 0 Å². The van der Waals surface area contributed by atoms with Gasteiger partial charge in [-0.3, -0.25) is 10.0 Å². The van der Waals surface area contributed by atoms with Gasteiger partial charge < -0.3 is 10.1 Å². The molecule has 1 amide bonds. The zero-order chi connectivity index (χ0) is 18.9. The molecule has 3 aromatic rings. The van der Waals surface area contributed by atoms with E-state index in [2.05, 4.69) is 5.32 Å². The number of hydroxylamine groups is 1. The highest BCUT2D eigenvalue weighted by molar-refractivity contribution is 5.91. The zero-order valence-corrected chi connectivity index (χ0v) is 14.6. The first-order valence-corrected chi connectivity index (χ1v) is 8.51. The van der Waals surface area contributed by atoms with E-state index in [0.717, 1.165) is 28.3 Å². The monoisotopic (exact) mass is 360 g/mol. The minimum Gasteiger partial charge on any atom is -0.457 e. The Labute approximate surface area is 157 Å². The van der Waals surface area contributed by atoms with E-state index in [1.54, 1.807) is 11.6 Å². The van der Waals surface area contributed by atoms with Gasteiger partial charge in [-0.25, -0.2) is 5.48 Å². The van der Waals surface area contributed by atoms with Crippen LogP contribution in [0.5, 0.6) is 11.5 Å². The molecule has 0 fully saturated rings. The summed E-state index contributed by atoms with van der Waals surface area (Å²) < 4.78 is 5.86. The van der Waals surface area contributed by atoms with Gasteiger partial charge in [-0.2, -0.15) is 0 Å². The minimum absolute atomic E-state index is 0.574. The first-order valence-electron chi connectivity index (χ1n) is 8.51. The van der Waals surface area contributed by atoms with Crippen LogP contribution in [0.25, 0.3) is 6.08 Å². The topological polar surface area (TPSA) is 70.6 Å². The van der Waals surface area contributed by atoms with Gasteiger partial charge in [0.15, 0.2) is 0 Å². The van der Waals surface area contributed by atoms with Crippen LogP contribution in [0, 0.1) is 0 Å². The molecule has 136 valence electrons. The summed E-state index contributed by atoms with van der Waals surface area (Å²) in [4.78, 5) is 11.2. The van der Waals surface area contributed by atoms with Gasteiger partial charge in [0, 0.05) is 18.3 Å². The predicted octanol–water partition coefficient (Wildman–Crippen LogP) is 4.61. The van der Waals surface area contributed by atoms with E-state index in [1.807, 2.05) is 78.9 Å². The van der Waals surface area contributed by atoms with Crippen LogP contribution in [-0.4, -0.2) is 11.1 Å². The van der Waals surface area contributed by atoms with Gasteiger partial charge in [0.05, 0.1) is 0 Å². The summed E-state index contributed by atoms with van der Waals surface area (Å²) >= 11 is 0. The molecule has 0 aromatic heterocycles. The maximum atomic E-state index is 11.2. The maximum absolute atomic E-state index is 11.2. The summed E-state index contributed by atoms with van der Waals surface area (Å²) in [7, 11) is 0. The Bertz CT molecular complexity index is 924. The van der Waals surface area contributed by atoms with E-state index < -0.39 is 5.91 Å². The summed E-state index contributed by atoms with van der Waals surface area (Å²) in [5, 5.41) is 11.9. The fraction of sp³-hybridized carbons (Fsp3) is 0.0455. The number of carbonyl (C=O) groups excluding carboxylic acids is 1. The maximum Gasteiger partial charge on any atom is 0.267 e. The molecule has 3 rings (SSSR count). The Morgan fingerprint density at radius 3 is 2.48 bits per heavy atom. The van der Waals surface area contributed by atoms with E-state index in [-0.39, 0.29) is 0 Å². The van der Waals surface area contributed by atoms with Crippen molar-refractivity contribution in [1.82, 2.24) is 5.48 Å². The van der Waals surface area contributed by atoms with Gasteiger partial charge in [-0.05, 0) is 47.5 Å². The van der Waals surface area contributed by atoms with Gasteiger partial charge in [0.25, 0.3) is 5.91 Å².